The van der Waals surface area contributed by atoms with Crippen LogP contribution in [0.15, 0.2) is 35.4 Å². The topological polar surface area (TPSA) is 64.3 Å². The Bertz CT molecular complexity index is 582. The van der Waals surface area contributed by atoms with Crippen LogP contribution in [0.3, 0.4) is 0 Å². The predicted molar refractivity (Wildman–Crippen MR) is 67.9 cm³/mol. The second-order valence-electron chi connectivity index (χ2n) is 4.25. The number of carbonyl (C=O) groups is 1. The lowest BCUT2D eigenvalue weighted by molar-refractivity contribution is -0.116. The SMILES string of the molecule is CC1=C(C#N)C(=O)N(c2ccc(Cl)cc2)C1(C)O. The fraction of sp³-hybridized carbons (Fsp3) is 0.231. The summed E-state index contributed by atoms with van der Waals surface area (Å²) in [7, 11) is 0. The molecule has 2 rings (SSSR count). The van der Waals surface area contributed by atoms with Gasteiger partial charge < -0.3 is 5.11 Å². The van der Waals surface area contributed by atoms with Gasteiger partial charge in [-0.2, -0.15) is 5.26 Å². The lowest BCUT2D eigenvalue weighted by atomic mass is 10.1. The Balaban J connectivity index is 2.52. The van der Waals surface area contributed by atoms with Crippen LogP contribution in [0.25, 0.3) is 0 Å². The van der Waals surface area contributed by atoms with Gasteiger partial charge in [0.25, 0.3) is 5.91 Å². The third kappa shape index (κ3) is 1.69. The van der Waals surface area contributed by atoms with E-state index in [2.05, 4.69) is 0 Å². The highest BCUT2D eigenvalue weighted by molar-refractivity contribution is 6.30. The number of nitriles is 1. The molecule has 0 radical (unpaired) electrons. The smallest absolute Gasteiger partial charge is 0.271 e. The molecule has 0 aromatic heterocycles. The first kappa shape index (κ1) is 12.6. The maximum atomic E-state index is 12.1. The number of nitrogens with zero attached hydrogens (tertiary/aromatic N) is 2. The summed E-state index contributed by atoms with van der Waals surface area (Å²) >= 11 is 5.78. The Morgan fingerprint density at radius 3 is 2.39 bits per heavy atom. The molecule has 1 aromatic rings. The summed E-state index contributed by atoms with van der Waals surface area (Å²) in [5.41, 5.74) is -0.658. The van der Waals surface area contributed by atoms with Crippen molar-refractivity contribution in [2.45, 2.75) is 19.6 Å². The minimum Gasteiger partial charge on any atom is -0.367 e. The molecule has 1 heterocycles. The van der Waals surface area contributed by atoms with Crippen molar-refractivity contribution in [1.82, 2.24) is 0 Å². The van der Waals surface area contributed by atoms with Crippen molar-refractivity contribution < 1.29 is 9.90 Å². The van der Waals surface area contributed by atoms with Gasteiger partial charge in [0.15, 0.2) is 5.72 Å². The zero-order chi connectivity index (χ0) is 13.5. The number of amides is 1. The number of anilines is 1. The lowest BCUT2D eigenvalue weighted by Gasteiger charge is -2.31. The summed E-state index contributed by atoms with van der Waals surface area (Å²) < 4.78 is 0. The molecule has 0 bridgehead atoms. The molecule has 1 aliphatic heterocycles. The quantitative estimate of drug-likeness (QED) is 0.844. The van der Waals surface area contributed by atoms with Gasteiger partial charge in [-0.15, -0.1) is 0 Å². The first-order chi connectivity index (χ1) is 8.39. The van der Waals surface area contributed by atoms with Crippen LogP contribution >= 0.6 is 11.6 Å². The summed E-state index contributed by atoms with van der Waals surface area (Å²) in [5, 5.41) is 19.9. The van der Waals surface area contributed by atoms with Gasteiger partial charge in [0.2, 0.25) is 0 Å². The van der Waals surface area contributed by atoms with Crippen LogP contribution in [0, 0.1) is 11.3 Å². The van der Waals surface area contributed by atoms with E-state index in [1.165, 1.54) is 11.8 Å². The van der Waals surface area contributed by atoms with Crippen molar-refractivity contribution in [2.75, 3.05) is 4.90 Å². The number of hydrogen-bond donors (Lipinski definition) is 1. The molecule has 4 nitrogen and oxygen atoms in total. The van der Waals surface area contributed by atoms with Crippen LogP contribution in [0.1, 0.15) is 13.8 Å². The molecule has 1 aromatic carbocycles. The van der Waals surface area contributed by atoms with Crippen LogP contribution in [-0.2, 0) is 4.79 Å². The molecule has 1 unspecified atom stereocenters. The van der Waals surface area contributed by atoms with Gasteiger partial charge in [0, 0.05) is 16.3 Å². The van der Waals surface area contributed by atoms with Crippen molar-refractivity contribution in [2.24, 2.45) is 0 Å². The molecule has 1 N–H and O–H groups in total. The highest BCUT2D eigenvalue weighted by Gasteiger charge is 2.46. The van der Waals surface area contributed by atoms with Gasteiger partial charge in [0.05, 0.1) is 0 Å². The van der Waals surface area contributed by atoms with Gasteiger partial charge in [-0.1, -0.05) is 11.6 Å². The highest BCUT2D eigenvalue weighted by atomic mass is 35.5. The molecule has 1 atom stereocenters. The fourth-order valence-corrected chi connectivity index (χ4v) is 2.09. The summed E-state index contributed by atoms with van der Waals surface area (Å²) in [6.07, 6.45) is 0. The molecule has 0 saturated heterocycles. The molecule has 0 saturated carbocycles. The summed E-state index contributed by atoms with van der Waals surface area (Å²) in [6.45, 7) is 3.06. The van der Waals surface area contributed by atoms with Crippen LogP contribution in [0.2, 0.25) is 5.02 Å². The normalized spacial score (nSPS) is 23.5. The average molecular weight is 263 g/mol. The first-order valence-electron chi connectivity index (χ1n) is 5.33. The summed E-state index contributed by atoms with van der Waals surface area (Å²) in [5.74, 6) is -0.498. The number of aliphatic hydroxyl groups is 1. The van der Waals surface area contributed by atoms with Gasteiger partial charge >= 0.3 is 0 Å². The van der Waals surface area contributed by atoms with E-state index in [0.717, 1.165) is 0 Å². The average Bonchev–Trinajstić information content (AvgIpc) is 2.48. The monoisotopic (exact) mass is 262 g/mol. The maximum absolute atomic E-state index is 12.1. The molecule has 0 aliphatic carbocycles. The molecule has 0 spiro atoms. The Morgan fingerprint density at radius 1 is 1.39 bits per heavy atom. The van der Waals surface area contributed by atoms with Crippen molar-refractivity contribution in [1.29, 1.82) is 5.26 Å². The highest BCUT2D eigenvalue weighted by Crippen LogP contribution is 2.37. The second kappa shape index (κ2) is 4.13. The van der Waals surface area contributed by atoms with Gasteiger partial charge in [-0.05, 0) is 38.1 Å². The molecule has 92 valence electrons. The van der Waals surface area contributed by atoms with Gasteiger partial charge in [-0.3, -0.25) is 9.69 Å². The number of hydrogen-bond acceptors (Lipinski definition) is 3. The van der Waals surface area contributed by atoms with E-state index in [-0.39, 0.29) is 5.57 Å². The van der Waals surface area contributed by atoms with Crippen molar-refractivity contribution >= 4 is 23.2 Å². The Kier molecular flexibility index (Phi) is 2.89. The summed E-state index contributed by atoms with van der Waals surface area (Å²) in [6, 6.07) is 8.34. The van der Waals surface area contributed by atoms with Crippen LogP contribution in [0.5, 0.6) is 0 Å². The molecular formula is C13H11ClN2O2. The molecule has 1 aliphatic rings. The van der Waals surface area contributed by atoms with E-state index >= 15 is 0 Å². The number of rotatable bonds is 1. The Labute approximate surface area is 110 Å². The van der Waals surface area contributed by atoms with E-state index in [1.54, 1.807) is 31.2 Å². The van der Waals surface area contributed by atoms with E-state index in [4.69, 9.17) is 16.9 Å². The number of benzene rings is 1. The molecule has 0 fully saturated rings. The summed E-state index contributed by atoms with van der Waals surface area (Å²) in [4.78, 5) is 13.3. The third-order valence-corrected chi connectivity index (χ3v) is 3.39. The van der Waals surface area contributed by atoms with Crippen LogP contribution in [0.4, 0.5) is 5.69 Å². The maximum Gasteiger partial charge on any atom is 0.271 e. The fourth-order valence-electron chi connectivity index (χ4n) is 1.96. The van der Waals surface area contributed by atoms with Crippen molar-refractivity contribution in [3.63, 3.8) is 0 Å². The van der Waals surface area contributed by atoms with Gasteiger partial charge in [-0.25, -0.2) is 0 Å². The largest absolute Gasteiger partial charge is 0.367 e. The molecule has 5 heteroatoms. The minimum absolute atomic E-state index is 0.0186. The minimum atomic E-state index is -1.49. The molecule has 18 heavy (non-hydrogen) atoms. The Morgan fingerprint density at radius 2 is 1.94 bits per heavy atom. The zero-order valence-corrected chi connectivity index (χ0v) is 10.7. The zero-order valence-electron chi connectivity index (χ0n) is 9.94. The first-order valence-corrected chi connectivity index (χ1v) is 5.71. The van der Waals surface area contributed by atoms with E-state index in [0.29, 0.717) is 16.3 Å². The van der Waals surface area contributed by atoms with Gasteiger partial charge in [0.1, 0.15) is 11.6 Å². The predicted octanol–water partition coefficient (Wildman–Crippen LogP) is 2.24. The lowest BCUT2D eigenvalue weighted by Crippen LogP contribution is -2.45. The molecular weight excluding hydrogens is 252 g/mol. The van der Waals surface area contributed by atoms with E-state index < -0.39 is 11.6 Å². The third-order valence-electron chi connectivity index (χ3n) is 3.13. The van der Waals surface area contributed by atoms with Crippen molar-refractivity contribution in [3.8, 4) is 6.07 Å². The Hall–Kier alpha value is -1.83. The van der Waals surface area contributed by atoms with E-state index in [1.807, 2.05) is 6.07 Å². The number of halogens is 1. The van der Waals surface area contributed by atoms with Crippen LogP contribution < -0.4 is 4.90 Å². The van der Waals surface area contributed by atoms with Crippen molar-refractivity contribution in [3.05, 3.63) is 40.4 Å². The van der Waals surface area contributed by atoms with Crippen LogP contribution in [-0.4, -0.2) is 16.7 Å². The molecule has 1 amide bonds. The second-order valence-corrected chi connectivity index (χ2v) is 4.69. The standard InChI is InChI=1S/C13H11ClN2O2/c1-8-11(7-15)12(17)16(13(8,2)18)10-5-3-9(14)4-6-10/h3-6,18H,1-2H3. The number of carbonyl (C=O) groups excluding carboxylic acids is 1. The van der Waals surface area contributed by atoms with E-state index in [9.17, 15) is 9.90 Å².